The van der Waals surface area contributed by atoms with E-state index < -0.39 is 0 Å². The number of hydrogen-bond acceptors (Lipinski definition) is 3. The lowest BCUT2D eigenvalue weighted by Crippen LogP contribution is -2.44. The first-order valence-corrected chi connectivity index (χ1v) is 5.25. The Labute approximate surface area is 80.0 Å². The van der Waals surface area contributed by atoms with Gasteiger partial charge in [0.25, 0.3) is 0 Å². The van der Waals surface area contributed by atoms with Crippen molar-refractivity contribution in [2.24, 2.45) is 22.6 Å². The van der Waals surface area contributed by atoms with E-state index in [1.165, 1.54) is 12.8 Å². The van der Waals surface area contributed by atoms with Gasteiger partial charge in [-0.1, -0.05) is 13.8 Å². The van der Waals surface area contributed by atoms with E-state index in [-0.39, 0.29) is 0 Å². The topological polar surface area (TPSA) is 41.6 Å². The van der Waals surface area contributed by atoms with Gasteiger partial charge in [-0.2, -0.15) is 0 Å². The fraction of sp³-hybridized carbons (Fsp3) is 0.900. The van der Waals surface area contributed by atoms with Crippen LogP contribution in [0.4, 0.5) is 0 Å². The van der Waals surface area contributed by atoms with Gasteiger partial charge >= 0.3 is 0 Å². The predicted molar refractivity (Wildman–Crippen MR) is 54.5 cm³/mol. The number of nitrogens with zero attached hydrogens (tertiary/aromatic N) is 2. The molecule has 1 aliphatic carbocycles. The maximum Gasteiger partial charge on any atom is 0.191 e. The number of aliphatic imine (C=N–C) groups is 1. The molecule has 0 spiro atoms. The molecule has 2 N–H and O–H groups in total. The predicted octanol–water partition coefficient (Wildman–Crippen LogP) is 1.05. The fourth-order valence-electron chi connectivity index (χ4n) is 1.92. The summed E-state index contributed by atoms with van der Waals surface area (Å²) in [4.78, 5) is 6.63. The highest BCUT2D eigenvalue weighted by molar-refractivity contribution is 5.80. The van der Waals surface area contributed by atoms with Crippen molar-refractivity contribution < 1.29 is 0 Å². The third-order valence-corrected chi connectivity index (χ3v) is 3.06. The maximum atomic E-state index is 5.86. The highest BCUT2D eigenvalue weighted by atomic mass is 15.3. The normalized spacial score (nSPS) is 28.4. The van der Waals surface area contributed by atoms with Crippen molar-refractivity contribution in [3.8, 4) is 0 Å². The molecule has 0 aromatic rings. The molecular formula is C10H19N3. The molecule has 0 bridgehead atoms. The molecule has 3 nitrogen and oxygen atoms in total. The van der Waals surface area contributed by atoms with E-state index in [1.807, 2.05) is 0 Å². The van der Waals surface area contributed by atoms with E-state index in [2.05, 4.69) is 23.7 Å². The molecule has 1 unspecified atom stereocenters. The summed E-state index contributed by atoms with van der Waals surface area (Å²) in [5.41, 5.74) is 5.86. The Bertz CT molecular complexity index is 218. The molecule has 0 aromatic heterocycles. The molecule has 2 aliphatic rings. The van der Waals surface area contributed by atoms with Gasteiger partial charge in [-0.05, 0) is 24.7 Å². The number of rotatable bonds is 3. The van der Waals surface area contributed by atoms with E-state index in [9.17, 15) is 0 Å². The lowest BCUT2D eigenvalue weighted by molar-refractivity contribution is 0.266. The molecule has 13 heavy (non-hydrogen) atoms. The largest absolute Gasteiger partial charge is 0.370 e. The minimum atomic E-state index is 0.556. The Kier molecular flexibility index (Phi) is 2.18. The van der Waals surface area contributed by atoms with Crippen LogP contribution in [0.25, 0.3) is 0 Å². The molecular weight excluding hydrogens is 162 g/mol. The second kappa shape index (κ2) is 3.20. The lowest BCUT2D eigenvalue weighted by atomic mass is 10.0. The van der Waals surface area contributed by atoms with E-state index >= 15 is 0 Å². The lowest BCUT2D eigenvalue weighted by Gasteiger charge is -2.28. The summed E-state index contributed by atoms with van der Waals surface area (Å²) in [6.45, 7) is 6.53. The molecule has 0 saturated heterocycles. The number of guanidine groups is 1. The van der Waals surface area contributed by atoms with Crippen LogP contribution in [0.1, 0.15) is 26.7 Å². The van der Waals surface area contributed by atoms with Crippen LogP contribution in [0, 0.1) is 11.8 Å². The second-order valence-corrected chi connectivity index (χ2v) is 4.61. The molecule has 1 atom stereocenters. The van der Waals surface area contributed by atoms with Crippen molar-refractivity contribution in [3.63, 3.8) is 0 Å². The third kappa shape index (κ3) is 1.79. The Morgan fingerprint density at radius 1 is 1.54 bits per heavy atom. The smallest absolute Gasteiger partial charge is 0.191 e. The van der Waals surface area contributed by atoms with Gasteiger partial charge in [0.05, 0.1) is 12.6 Å². The van der Waals surface area contributed by atoms with Gasteiger partial charge in [0, 0.05) is 6.54 Å². The Hall–Kier alpha value is -0.730. The first kappa shape index (κ1) is 8.85. The van der Waals surface area contributed by atoms with Crippen LogP contribution < -0.4 is 5.73 Å². The van der Waals surface area contributed by atoms with Crippen LogP contribution in [0.15, 0.2) is 4.99 Å². The van der Waals surface area contributed by atoms with Crippen molar-refractivity contribution in [1.82, 2.24) is 4.90 Å². The molecule has 0 aromatic carbocycles. The van der Waals surface area contributed by atoms with Crippen molar-refractivity contribution >= 4 is 5.96 Å². The summed E-state index contributed by atoms with van der Waals surface area (Å²) in [6, 6.07) is 0.556. The van der Waals surface area contributed by atoms with Gasteiger partial charge in [-0.25, -0.2) is 0 Å². The van der Waals surface area contributed by atoms with Gasteiger partial charge in [0.2, 0.25) is 0 Å². The first-order valence-electron chi connectivity index (χ1n) is 5.25. The van der Waals surface area contributed by atoms with Crippen LogP contribution in [0.3, 0.4) is 0 Å². The Balaban J connectivity index is 1.97. The van der Waals surface area contributed by atoms with E-state index in [1.54, 1.807) is 0 Å². The molecule has 1 aliphatic heterocycles. The van der Waals surface area contributed by atoms with Crippen LogP contribution in [-0.4, -0.2) is 30.0 Å². The van der Waals surface area contributed by atoms with Crippen molar-refractivity contribution in [2.45, 2.75) is 32.7 Å². The molecule has 74 valence electrons. The zero-order chi connectivity index (χ0) is 9.42. The van der Waals surface area contributed by atoms with Gasteiger partial charge in [-0.15, -0.1) is 0 Å². The number of nitrogens with two attached hydrogens (primary N) is 1. The highest BCUT2D eigenvalue weighted by Crippen LogP contribution is 2.31. The number of hydrogen-bond donors (Lipinski definition) is 1. The van der Waals surface area contributed by atoms with Gasteiger partial charge < -0.3 is 10.6 Å². The van der Waals surface area contributed by atoms with Crippen molar-refractivity contribution in [1.29, 1.82) is 0 Å². The molecule has 3 heteroatoms. The SMILES string of the molecule is CC(C)C1CN=C(N)N1CC1CC1. The summed E-state index contributed by atoms with van der Waals surface area (Å²) < 4.78 is 0. The Morgan fingerprint density at radius 2 is 2.23 bits per heavy atom. The molecule has 0 amide bonds. The quantitative estimate of drug-likeness (QED) is 0.707. The van der Waals surface area contributed by atoms with Crippen LogP contribution >= 0.6 is 0 Å². The monoisotopic (exact) mass is 181 g/mol. The summed E-state index contributed by atoms with van der Waals surface area (Å²) >= 11 is 0. The summed E-state index contributed by atoms with van der Waals surface area (Å²) in [5, 5.41) is 0. The zero-order valence-electron chi connectivity index (χ0n) is 8.53. The minimum Gasteiger partial charge on any atom is -0.370 e. The van der Waals surface area contributed by atoms with Crippen LogP contribution in [0.5, 0.6) is 0 Å². The zero-order valence-corrected chi connectivity index (χ0v) is 8.53. The van der Waals surface area contributed by atoms with Gasteiger partial charge in [-0.3, -0.25) is 4.99 Å². The summed E-state index contributed by atoms with van der Waals surface area (Å²) in [5.74, 6) is 2.32. The minimum absolute atomic E-state index is 0.556. The van der Waals surface area contributed by atoms with E-state index in [0.717, 1.165) is 25.0 Å². The average molecular weight is 181 g/mol. The van der Waals surface area contributed by atoms with Gasteiger partial charge in [0.1, 0.15) is 0 Å². The fourth-order valence-corrected chi connectivity index (χ4v) is 1.92. The molecule has 1 heterocycles. The van der Waals surface area contributed by atoms with E-state index in [0.29, 0.717) is 12.0 Å². The first-order chi connectivity index (χ1) is 6.18. The molecule has 1 fully saturated rings. The molecule has 0 radical (unpaired) electrons. The Morgan fingerprint density at radius 3 is 2.77 bits per heavy atom. The van der Waals surface area contributed by atoms with Gasteiger partial charge in [0.15, 0.2) is 5.96 Å². The average Bonchev–Trinajstić information content (AvgIpc) is 2.78. The summed E-state index contributed by atoms with van der Waals surface area (Å²) in [7, 11) is 0. The third-order valence-electron chi connectivity index (χ3n) is 3.06. The molecule has 1 saturated carbocycles. The highest BCUT2D eigenvalue weighted by Gasteiger charge is 2.33. The summed E-state index contributed by atoms with van der Waals surface area (Å²) in [6.07, 6.45) is 2.77. The van der Waals surface area contributed by atoms with Crippen molar-refractivity contribution in [3.05, 3.63) is 0 Å². The molecule has 2 rings (SSSR count). The second-order valence-electron chi connectivity index (χ2n) is 4.61. The standard InChI is InChI=1S/C10H19N3/c1-7(2)9-5-12-10(11)13(9)6-8-3-4-8/h7-9H,3-6H2,1-2H3,(H2,11,12). The van der Waals surface area contributed by atoms with Crippen LogP contribution in [-0.2, 0) is 0 Å². The van der Waals surface area contributed by atoms with Crippen molar-refractivity contribution in [2.75, 3.05) is 13.1 Å². The maximum absolute atomic E-state index is 5.86. The van der Waals surface area contributed by atoms with Crippen LogP contribution in [0.2, 0.25) is 0 Å². The van der Waals surface area contributed by atoms with E-state index in [4.69, 9.17) is 5.73 Å².